The minimum atomic E-state index is 0.923. The zero-order valence-corrected chi connectivity index (χ0v) is 8.67. The zero-order chi connectivity index (χ0) is 9.10. The van der Waals surface area contributed by atoms with Gasteiger partial charge in [-0.3, -0.25) is 0 Å². The minimum absolute atomic E-state index is 0.923. The van der Waals surface area contributed by atoms with Gasteiger partial charge in [-0.25, -0.2) is 0 Å². The molecule has 0 heteroatoms. The molecule has 0 aromatic carbocycles. The van der Waals surface area contributed by atoms with Crippen LogP contribution in [0.3, 0.4) is 0 Å². The molecule has 0 heterocycles. The van der Waals surface area contributed by atoms with Gasteiger partial charge in [-0.2, -0.15) is 0 Å². The molecule has 2 rings (SSSR count). The van der Waals surface area contributed by atoms with E-state index in [2.05, 4.69) is 13.3 Å². The molecule has 0 saturated heterocycles. The molecule has 2 fully saturated rings. The van der Waals surface area contributed by atoms with E-state index < -0.39 is 0 Å². The van der Waals surface area contributed by atoms with Gasteiger partial charge in [-0.05, 0) is 37.0 Å². The van der Waals surface area contributed by atoms with Gasteiger partial charge in [-0.1, -0.05) is 45.4 Å². The third kappa shape index (κ3) is 2.27. The van der Waals surface area contributed by atoms with Crippen LogP contribution in [0.25, 0.3) is 0 Å². The molecule has 0 aromatic heterocycles. The van der Waals surface area contributed by atoms with E-state index in [1.807, 2.05) is 0 Å². The van der Waals surface area contributed by atoms with E-state index in [0.717, 1.165) is 24.2 Å². The fourth-order valence-corrected chi connectivity index (χ4v) is 3.13. The normalized spacial score (nSPS) is 36.7. The molecule has 0 bridgehead atoms. The molecule has 0 nitrogen and oxygen atoms in total. The van der Waals surface area contributed by atoms with E-state index in [1.165, 1.54) is 44.9 Å². The van der Waals surface area contributed by atoms with Crippen LogP contribution >= 0.6 is 0 Å². The smallest absolute Gasteiger partial charge is 0.0349 e. The molecule has 0 aliphatic heterocycles. The van der Waals surface area contributed by atoms with Gasteiger partial charge in [0.25, 0.3) is 0 Å². The van der Waals surface area contributed by atoms with Crippen LogP contribution in [0.5, 0.6) is 0 Å². The summed E-state index contributed by atoms with van der Waals surface area (Å²) in [6.45, 7) is 4.03. The van der Waals surface area contributed by atoms with Gasteiger partial charge in [0.1, 0.15) is 0 Å². The highest BCUT2D eigenvalue weighted by Gasteiger charge is 2.30. The molecule has 0 N–H and O–H groups in total. The maximum atomic E-state index is 4.03. The van der Waals surface area contributed by atoms with Crippen LogP contribution in [-0.4, -0.2) is 0 Å². The first-order valence-electron chi connectivity index (χ1n) is 6.02. The van der Waals surface area contributed by atoms with Crippen LogP contribution in [0.4, 0.5) is 0 Å². The van der Waals surface area contributed by atoms with Crippen molar-refractivity contribution in [2.24, 2.45) is 17.8 Å². The van der Waals surface area contributed by atoms with Crippen molar-refractivity contribution in [3.63, 3.8) is 0 Å². The quantitative estimate of drug-likeness (QED) is 0.599. The Morgan fingerprint density at radius 3 is 2.54 bits per heavy atom. The second-order valence-electron chi connectivity index (χ2n) is 4.92. The molecule has 13 heavy (non-hydrogen) atoms. The second kappa shape index (κ2) is 4.48. The Bertz CT molecular complexity index is 144. The van der Waals surface area contributed by atoms with Crippen molar-refractivity contribution in [1.82, 2.24) is 0 Å². The third-order valence-electron chi connectivity index (χ3n) is 4.04. The van der Waals surface area contributed by atoms with Gasteiger partial charge in [0.05, 0.1) is 0 Å². The van der Waals surface area contributed by atoms with E-state index in [0.29, 0.717) is 0 Å². The first-order chi connectivity index (χ1) is 6.40. The Balaban J connectivity index is 1.80. The van der Waals surface area contributed by atoms with Gasteiger partial charge in [0.2, 0.25) is 0 Å². The van der Waals surface area contributed by atoms with Crippen molar-refractivity contribution in [3.05, 3.63) is 13.3 Å². The van der Waals surface area contributed by atoms with E-state index in [1.54, 1.807) is 0 Å². The highest BCUT2D eigenvalue weighted by Crippen LogP contribution is 2.41. The topological polar surface area (TPSA) is 0 Å². The van der Waals surface area contributed by atoms with Crippen LogP contribution in [0, 0.1) is 31.1 Å². The highest BCUT2D eigenvalue weighted by molar-refractivity contribution is 4.93. The van der Waals surface area contributed by atoms with Crippen LogP contribution in [0.1, 0.15) is 51.4 Å². The van der Waals surface area contributed by atoms with Gasteiger partial charge < -0.3 is 0 Å². The number of hydrogen-bond acceptors (Lipinski definition) is 0. The standard InChI is InChI=1S/C13H22/c1-2-11-8-9-13(10-11)12-6-4-3-5-7-12/h9,11-13H,1-8,10H2. The summed E-state index contributed by atoms with van der Waals surface area (Å²) >= 11 is 0. The Hall–Kier alpha value is 0. The van der Waals surface area contributed by atoms with E-state index in [-0.39, 0.29) is 0 Å². The lowest BCUT2D eigenvalue weighted by Gasteiger charge is -2.27. The van der Waals surface area contributed by atoms with Crippen LogP contribution in [0.15, 0.2) is 0 Å². The highest BCUT2D eigenvalue weighted by atomic mass is 14.4. The summed E-state index contributed by atoms with van der Waals surface area (Å²) in [6, 6.07) is 0. The third-order valence-corrected chi connectivity index (χ3v) is 4.04. The van der Waals surface area contributed by atoms with Crippen LogP contribution in [-0.2, 0) is 0 Å². The fourth-order valence-electron chi connectivity index (χ4n) is 3.13. The molecular formula is C13H22. The van der Waals surface area contributed by atoms with Crippen molar-refractivity contribution in [3.8, 4) is 0 Å². The number of hydrogen-bond donors (Lipinski definition) is 0. The molecule has 2 atom stereocenters. The van der Waals surface area contributed by atoms with E-state index in [4.69, 9.17) is 0 Å². The van der Waals surface area contributed by atoms with Crippen molar-refractivity contribution in [2.45, 2.75) is 51.4 Å². The molecular weight excluding hydrogens is 156 g/mol. The second-order valence-corrected chi connectivity index (χ2v) is 4.92. The van der Waals surface area contributed by atoms with Crippen LogP contribution < -0.4 is 0 Å². The van der Waals surface area contributed by atoms with Crippen LogP contribution in [0.2, 0.25) is 0 Å². The average molecular weight is 178 g/mol. The van der Waals surface area contributed by atoms with Gasteiger partial charge in [0.15, 0.2) is 0 Å². The maximum Gasteiger partial charge on any atom is -0.0349 e. The molecule has 0 aromatic rings. The minimum Gasteiger partial charge on any atom is -0.0533 e. The summed E-state index contributed by atoms with van der Waals surface area (Å²) in [5.74, 6) is 2.93. The summed E-state index contributed by atoms with van der Waals surface area (Å²) in [5, 5.41) is 0. The largest absolute Gasteiger partial charge is 0.0533 e. The number of rotatable bonds is 2. The summed E-state index contributed by atoms with van der Waals surface area (Å²) < 4.78 is 0. The Morgan fingerprint density at radius 1 is 1.15 bits per heavy atom. The molecule has 2 saturated carbocycles. The SMILES string of the molecule is [CH2]CC1C[CH]C(C2CCCCC2)C1. The van der Waals surface area contributed by atoms with E-state index >= 15 is 0 Å². The first-order valence-corrected chi connectivity index (χ1v) is 6.02. The monoisotopic (exact) mass is 178 g/mol. The van der Waals surface area contributed by atoms with Crippen molar-refractivity contribution >= 4 is 0 Å². The molecule has 0 amide bonds. The van der Waals surface area contributed by atoms with Gasteiger partial charge in [0, 0.05) is 0 Å². The van der Waals surface area contributed by atoms with Crippen molar-refractivity contribution < 1.29 is 0 Å². The summed E-state index contributed by atoms with van der Waals surface area (Å²) in [6.07, 6.45) is 14.0. The van der Waals surface area contributed by atoms with Crippen molar-refractivity contribution in [1.29, 1.82) is 0 Å². The van der Waals surface area contributed by atoms with Gasteiger partial charge >= 0.3 is 0 Å². The molecule has 0 spiro atoms. The Labute approximate surface area is 83.1 Å². The summed E-state index contributed by atoms with van der Waals surface area (Å²) in [4.78, 5) is 0. The molecule has 2 aliphatic carbocycles. The van der Waals surface area contributed by atoms with E-state index in [9.17, 15) is 0 Å². The zero-order valence-electron chi connectivity index (χ0n) is 8.67. The lowest BCUT2D eigenvalue weighted by molar-refractivity contribution is 0.268. The Morgan fingerprint density at radius 2 is 1.92 bits per heavy atom. The summed E-state index contributed by atoms with van der Waals surface area (Å²) in [7, 11) is 0. The summed E-state index contributed by atoms with van der Waals surface area (Å²) in [5.41, 5.74) is 0. The molecule has 74 valence electrons. The fraction of sp³-hybridized carbons (Fsp3) is 0.846. The molecule has 2 unspecified atom stereocenters. The lowest BCUT2D eigenvalue weighted by Crippen LogP contribution is -2.15. The average Bonchev–Trinajstić information content (AvgIpc) is 2.67. The molecule has 2 aliphatic rings. The first kappa shape index (κ1) is 9.55. The van der Waals surface area contributed by atoms with Gasteiger partial charge in [-0.15, -0.1) is 0 Å². The predicted octanol–water partition coefficient (Wildman–Crippen LogP) is 4.02. The predicted molar refractivity (Wildman–Crippen MR) is 57.1 cm³/mol. The Kier molecular flexibility index (Phi) is 3.29. The molecule has 2 radical (unpaired) electrons. The van der Waals surface area contributed by atoms with Crippen molar-refractivity contribution in [2.75, 3.05) is 0 Å². The lowest BCUT2D eigenvalue weighted by atomic mass is 9.79. The maximum absolute atomic E-state index is 4.03.